The van der Waals surface area contributed by atoms with Crippen LogP contribution in [0.15, 0.2) is 77.7 Å². The standard InChI is InChI=1S/C22H18ClFN2O5S/c23-19-11-6-16(12-20(19)32(29,30)25-13-15-4-2-1-3-5-15)22(28)31-14-21(27)26-18-9-7-17(24)8-10-18/h1-12,25H,13-14H2,(H,26,27). The summed E-state index contributed by atoms with van der Waals surface area (Å²) >= 11 is 6.03. The Morgan fingerprint density at radius 2 is 1.66 bits per heavy atom. The van der Waals surface area contributed by atoms with Gasteiger partial charge in [0.25, 0.3) is 5.91 Å². The van der Waals surface area contributed by atoms with E-state index in [1.807, 2.05) is 6.07 Å². The van der Waals surface area contributed by atoms with Crippen LogP contribution in [0.5, 0.6) is 0 Å². The van der Waals surface area contributed by atoms with E-state index in [0.717, 1.165) is 11.6 Å². The first-order valence-electron chi connectivity index (χ1n) is 9.30. The highest BCUT2D eigenvalue weighted by Crippen LogP contribution is 2.23. The predicted molar refractivity (Wildman–Crippen MR) is 117 cm³/mol. The number of sulfonamides is 1. The van der Waals surface area contributed by atoms with Gasteiger partial charge in [0, 0.05) is 12.2 Å². The lowest BCUT2D eigenvalue weighted by Gasteiger charge is -2.11. The topological polar surface area (TPSA) is 102 Å². The molecule has 3 rings (SSSR count). The molecule has 0 aliphatic rings. The molecule has 32 heavy (non-hydrogen) atoms. The van der Waals surface area contributed by atoms with Crippen molar-refractivity contribution in [1.82, 2.24) is 4.72 Å². The lowest BCUT2D eigenvalue weighted by molar-refractivity contribution is -0.119. The molecule has 0 aliphatic carbocycles. The molecule has 0 radical (unpaired) electrons. The fourth-order valence-corrected chi connectivity index (χ4v) is 4.17. The van der Waals surface area contributed by atoms with Gasteiger partial charge in [0.05, 0.1) is 10.6 Å². The van der Waals surface area contributed by atoms with E-state index in [1.165, 1.54) is 36.4 Å². The summed E-state index contributed by atoms with van der Waals surface area (Å²) in [4.78, 5) is 23.9. The number of hydrogen-bond acceptors (Lipinski definition) is 5. The van der Waals surface area contributed by atoms with Crippen molar-refractivity contribution in [3.63, 3.8) is 0 Å². The van der Waals surface area contributed by atoms with Crippen molar-refractivity contribution in [3.05, 3.63) is 94.8 Å². The van der Waals surface area contributed by atoms with E-state index in [2.05, 4.69) is 10.0 Å². The van der Waals surface area contributed by atoms with E-state index in [0.29, 0.717) is 5.69 Å². The Morgan fingerprint density at radius 3 is 2.34 bits per heavy atom. The normalized spacial score (nSPS) is 11.1. The first-order valence-corrected chi connectivity index (χ1v) is 11.2. The van der Waals surface area contributed by atoms with E-state index >= 15 is 0 Å². The van der Waals surface area contributed by atoms with Crippen LogP contribution in [-0.4, -0.2) is 26.9 Å². The van der Waals surface area contributed by atoms with Gasteiger partial charge >= 0.3 is 5.97 Å². The molecule has 0 spiro atoms. The molecule has 0 atom stereocenters. The molecule has 0 aromatic heterocycles. The summed E-state index contributed by atoms with van der Waals surface area (Å²) in [6.07, 6.45) is 0. The quantitative estimate of drug-likeness (QED) is 0.482. The molecule has 7 nitrogen and oxygen atoms in total. The van der Waals surface area contributed by atoms with Gasteiger partial charge < -0.3 is 10.1 Å². The molecule has 10 heteroatoms. The van der Waals surface area contributed by atoms with Crippen molar-refractivity contribution in [1.29, 1.82) is 0 Å². The number of carbonyl (C=O) groups is 2. The van der Waals surface area contributed by atoms with Gasteiger partial charge in [-0.05, 0) is 48.0 Å². The Hall–Kier alpha value is -3.27. The van der Waals surface area contributed by atoms with Gasteiger partial charge in [-0.25, -0.2) is 22.3 Å². The van der Waals surface area contributed by atoms with Crippen LogP contribution in [-0.2, 0) is 26.1 Å². The van der Waals surface area contributed by atoms with Crippen molar-refractivity contribution in [2.45, 2.75) is 11.4 Å². The number of amides is 1. The van der Waals surface area contributed by atoms with E-state index in [1.54, 1.807) is 24.3 Å². The van der Waals surface area contributed by atoms with Crippen molar-refractivity contribution < 1.29 is 27.1 Å². The third-order valence-electron chi connectivity index (χ3n) is 4.23. The smallest absolute Gasteiger partial charge is 0.338 e. The molecule has 0 fully saturated rings. The van der Waals surface area contributed by atoms with E-state index < -0.39 is 34.3 Å². The maximum atomic E-state index is 12.9. The number of nitrogens with one attached hydrogen (secondary N) is 2. The van der Waals surface area contributed by atoms with Gasteiger partial charge in [0.15, 0.2) is 6.61 Å². The monoisotopic (exact) mass is 476 g/mol. The highest BCUT2D eigenvalue weighted by molar-refractivity contribution is 7.89. The number of halogens is 2. The zero-order valence-corrected chi connectivity index (χ0v) is 18.1. The van der Waals surface area contributed by atoms with Gasteiger partial charge in [0.1, 0.15) is 10.7 Å². The maximum Gasteiger partial charge on any atom is 0.338 e. The van der Waals surface area contributed by atoms with Crippen LogP contribution in [0.3, 0.4) is 0 Å². The molecule has 2 N–H and O–H groups in total. The molecule has 0 bridgehead atoms. The summed E-state index contributed by atoms with van der Waals surface area (Å²) < 4.78 is 45.6. The summed E-state index contributed by atoms with van der Waals surface area (Å²) in [6, 6.07) is 17.6. The minimum atomic E-state index is -4.02. The van der Waals surface area contributed by atoms with Crippen LogP contribution >= 0.6 is 11.6 Å². The molecule has 3 aromatic carbocycles. The Balaban J connectivity index is 1.64. The Morgan fingerprint density at radius 1 is 0.969 bits per heavy atom. The fourth-order valence-electron chi connectivity index (χ4n) is 2.63. The summed E-state index contributed by atoms with van der Waals surface area (Å²) in [6.45, 7) is -0.578. The number of esters is 1. The number of rotatable bonds is 8. The van der Waals surface area contributed by atoms with Gasteiger partial charge in [0.2, 0.25) is 10.0 Å². The second-order valence-corrected chi connectivity index (χ2v) is 8.73. The van der Waals surface area contributed by atoms with E-state index in [9.17, 15) is 22.4 Å². The zero-order valence-electron chi connectivity index (χ0n) is 16.5. The third kappa shape index (κ3) is 6.36. The largest absolute Gasteiger partial charge is 0.452 e. The first kappa shape index (κ1) is 23.4. The number of hydrogen-bond donors (Lipinski definition) is 2. The van der Waals surface area contributed by atoms with Gasteiger partial charge in [-0.2, -0.15) is 0 Å². The van der Waals surface area contributed by atoms with Crippen LogP contribution in [0.2, 0.25) is 5.02 Å². The summed E-state index contributed by atoms with van der Waals surface area (Å²) in [5.41, 5.74) is 0.982. The van der Waals surface area contributed by atoms with Crippen LogP contribution in [0.4, 0.5) is 10.1 Å². The molecular weight excluding hydrogens is 459 g/mol. The second-order valence-electron chi connectivity index (χ2n) is 6.59. The molecule has 0 saturated carbocycles. The van der Waals surface area contributed by atoms with Gasteiger partial charge in [-0.15, -0.1) is 0 Å². The second kappa shape index (κ2) is 10.4. The summed E-state index contributed by atoms with van der Waals surface area (Å²) in [7, 11) is -4.02. The summed E-state index contributed by atoms with van der Waals surface area (Å²) in [5, 5.41) is 2.37. The van der Waals surface area contributed by atoms with Crippen molar-refractivity contribution in [2.75, 3.05) is 11.9 Å². The van der Waals surface area contributed by atoms with Crippen molar-refractivity contribution in [3.8, 4) is 0 Å². The number of benzene rings is 3. The Bertz CT molecular complexity index is 1220. The molecule has 0 saturated heterocycles. The summed E-state index contributed by atoms with van der Waals surface area (Å²) in [5.74, 6) is -2.01. The number of ether oxygens (including phenoxy) is 1. The Kier molecular flexibility index (Phi) is 7.57. The average Bonchev–Trinajstić information content (AvgIpc) is 2.78. The predicted octanol–water partition coefficient (Wildman–Crippen LogP) is 3.75. The highest BCUT2D eigenvalue weighted by atomic mass is 35.5. The molecule has 0 unspecified atom stereocenters. The van der Waals surface area contributed by atoms with Crippen molar-refractivity contribution in [2.24, 2.45) is 0 Å². The van der Waals surface area contributed by atoms with E-state index in [4.69, 9.17) is 16.3 Å². The van der Waals surface area contributed by atoms with Crippen LogP contribution in [0, 0.1) is 5.82 Å². The minimum absolute atomic E-state index is 0.0394. The molecule has 166 valence electrons. The molecule has 0 heterocycles. The average molecular weight is 477 g/mol. The molecule has 1 amide bonds. The van der Waals surface area contributed by atoms with Crippen LogP contribution < -0.4 is 10.0 Å². The first-order chi connectivity index (χ1) is 15.2. The van der Waals surface area contributed by atoms with Crippen LogP contribution in [0.1, 0.15) is 15.9 Å². The van der Waals surface area contributed by atoms with E-state index in [-0.39, 0.29) is 22.0 Å². The maximum absolute atomic E-state index is 12.9. The number of carbonyl (C=O) groups excluding carboxylic acids is 2. The zero-order chi connectivity index (χ0) is 23.1. The Labute approximate surface area is 189 Å². The van der Waals surface area contributed by atoms with Gasteiger partial charge in [-0.3, -0.25) is 4.79 Å². The lowest BCUT2D eigenvalue weighted by Crippen LogP contribution is -2.24. The fraction of sp³-hybridized carbons (Fsp3) is 0.0909. The SMILES string of the molecule is O=C(COC(=O)c1ccc(Cl)c(S(=O)(=O)NCc2ccccc2)c1)Nc1ccc(F)cc1. The minimum Gasteiger partial charge on any atom is -0.452 e. The molecule has 3 aromatic rings. The van der Waals surface area contributed by atoms with Crippen LogP contribution in [0.25, 0.3) is 0 Å². The van der Waals surface area contributed by atoms with Gasteiger partial charge in [-0.1, -0.05) is 41.9 Å². The highest BCUT2D eigenvalue weighted by Gasteiger charge is 2.21. The third-order valence-corrected chi connectivity index (χ3v) is 6.11. The lowest BCUT2D eigenvalue weighted by atomic mass is 10.2. The molecule has 0 aliphatic heterocycles. The number of anilines is 1. The van der Waals surface area contributed by atoms with Crippen molar-refractivity contribution >= 4 is 39.2 Å². The molecular formula is C22H18ClFN2O5S.